The number of hydrogen-bond donors (Lipinski definition) is 1. The fraction of sp³-hybridized carbons (Fsp3) is 0.750. The summed E-state index contributed by atoms with van der Waals surface area (Å²) in [6, 6.07) is 0. The molecule has 0 radical (unpaired) electrons. The molecule has 0 unspecified atom stereocenters. The highest BCUT2D eigenvalue weighted by Gasteiger charge is 2.21. The summed E-state index contributed by atoms with van der Waals surface area (Å²) in [6.45, 7) is 10.8. The minimum atomic E-state index is 0.0154. The van der Waals surface area contributed by atoms with E-state index in [0.717, 1.165) is 37.2 Å². The first-order valence-electron chi connectivity index (χ1n) is 8.09. The number of rotatable bonds is 6. The lowest BCUT2D eigenvalue weighted by molar-refractivity contribution is -0.121. The maximum atomic E-state index is 11.9. The predicted octanol–water partition coefficient (Wildman–Crippen LogP) is 1.70. The van der Waals surface area contributed by atoms with Gasteiger partial charge in [0.15, 0.2) is 0 Å². The van der Waals surface area contributed by atoms with Crippen LogP contribution in [0.3, 0.4) is 0 Å². The summed E-state index contributed by atoms with van der Waals surface area (Å²) < 4.78 is 1.66. The Bertz CT molecular complexity index is 542. The first-order chi connectivity index (χ1) is 10.5. The number of thiazole rings is 1. The fourth-order valence-electron chi connectivity index (χ4n) is 3.30. The number of amides is 1. The lowest BCUT2D eigenvalue weighted by Gasteiger charge is -2.34. The van der Waals surface area contributed by atoms with E-state index in [1.165, 1.54) is 17.8 Å². The molecule has 1 aliphatic rings. The van der Waals surface area contributed by atoms with Crippen LogP contribution in [0.5, 0.6) is 0 Å². The predicted molar refractivity (Wildman–Crippen MR) is 90.3 cm³/mol. The molecule has 6 heteroatoms. The number of aryl methyl sites for hydroxylation is 1. The summed E-state index contributed by atoms with van der Waals surface area (Å²) in [5, 5.41) is 4.80. The Kier molecular flexibility index (Phi) is 6.20. The summed E-state index contributed by atoms with van der Waals surface area (Å²) in [6.07, 6.45) is 1.67. The number of nitrogens with zero attached hydrogens (tertiary/aromatic N) is 2. The number of hydrogen-bond acceptors (Lipinski definition) is 4. The number of aromatic nitrogens is 1. The Morgan fingerprint density at radius 3 is 2.59 bits per heavy atom. The van der Waals surface area contributed by atoms with Crippen molar-refractivity contribution in [1.29, 1.82) is 0 Å². The maximum Gasteiger partial charge on any atom is 0.307 e. The van der Waals surface area contributed by atoms with Crippen LogP contribution in [-0.4, -0.2) is 41.6 Å². The smallest absolute Gasteiger partial charge is 0.307 e. The molecule has 1 amide bonds. The Morgan fingerprint density at radius 1 is 1.32 bits per heavy atom. The first kappa shape index (κ1) is 17.2. The molecule has 1 N–H and O–H groups in total. The molecule has 0 bridgehead atoms. The molecular weight excluding hydrogens is 298 g/mol. The minimum absolute atomic E-state index is 0.0154. The van der Waals surface area contributed by atoms with E-state index in [1.54, 1.807) is 4.57 Å². The molecule has 1 aliphatic heterocycles. The summed E-state index contributed by atoms with van der Waals surface area (Å²) in [7, 11) is 0. The molecular formula is C16H27N3O2S. The highest BCUT2D eigenvalue weighted by atomic mass is 32.1. The molecule has 1 aromatic heterocycles. The zero-order valence-electron chi connectivity index (χ0n) is 13.8. The Morgan fingerprint density at radius 2 is 2.00 bits per heavy atom. The van der Waals surface area contributed by atoms with Crippen molar-refractivity contribution in [2.75, 3.05) is 26.2 Å². The van der Waals surface area contributed by atoms with Gasteiger partial charge in [0.05, 0.1) is 0 Å². The Balaban J connectivity index is 1.67. The molecule has 2 rings (SSSR count). The van der Waals surface area contributed by atoms with E-state index in [2.05, 4.69) is 24.1 Å². The van der Waals surface area contributed by atoms with Crippen molar-refractivity contribution in [2.45, 2.75) is 40.2 Å². The second-order valence-corrected chi connectivity index (χ2v) is 7.42. The number of carbonyl (C=O) groups is 1. The average Bonchev–Trinajstić information content (AvgIpc) is 2.75. The van der Waals surface area contributed by atoms with Gasteiger partial charge in [-0.25, -0.2) is 0 Å². The van der Waals surface area contributed by atoms with Gasteiger partial charge in [0.25, 0.3) is 0 Å². The molecule has 0 aromatic carbocycles. The number of likely N-dealkylation sites (tertiary alicyclic amines) is 1. The summed E-state index contributed by atoms with van der Waals surface area (Å²) in [5.74, 6) is 1.51. The highest BCUT2D eigenvalue weighted by molar-refractivity contribution is 7.07. The average molecular weight is 325 g/mol. The normalized spacial score (nSPS) is 22.7. The van der Waals surface area contributed by atoms with Crippen LogP contribution < -0.4 is 10.2 Å². The maximum absolute atomic E-state index is 11.9. The van der Waals surface area contributed by atoms with Gasteiger partial charge in [-0.2, -0.15) is 0 Å². The van der Waals surface area contributed by atoms with Crippen LogP contribution in [0.2, 0.25) is 0 Å². The third kappa shape index (κ3) is 4.95. The highest BCUT2D eigenvalue weighted by Crippen LogP contribution is 2.20. The van der Waals surface area contributed by atoms with E-state index in [4.69, 9.17) is 0 Å². The van der Waals surface area contributed by atoms with E-state index in [-0.39, 0.29) is 10.8 Å². The second kappa shape index (κ2) is 7.92. The van der Waals surface area contributed by atoms with Crippen LogP contribution in [-0.2, 0) is 11.3 Å². The Labute approximate surface area is 136 Å². The summed E-state index contributed by atoms with van der Waals surface area (Å²) in [5.41, 5.74) is 0.930. The zero-order valence-corrected chi connectivity index (χ0v) is 14.6. The van der Waals surface area contributed by atoms with Crippen molar-refractivity contribution < 1.29 is 4.79 Å². The third-order valence-corrected chi connectivity index (χ3v) is 5.11. The number of carbonyl (C=O) groups excluding carboxylic acids is 1. The fourth-order valence-corrected chi connectivity index (χ4v) is 4.07. The lowest BCUT2D eigenvalue weighted by atomic mass is 9.92. The van der Waals surface area contributed by atoms with Gasteiger partial charge in [0, 0.05) is 50.2 Å². The topological polar surface area (TPSA) is 54.3 Å². The quantitative estimate of drug-likeness (QED) is 0.866. The Hall–Kier alpha value is -1.14. The van der Waals surface area contributed by atoms with Crippen LogP contribution in [0.25, 0.3) is 0 Å². The van der Waals surface area contributed by atoms with Crippen LogP contribution in [0, 0.1) is 18.8 Å². The van der Waals surface area contributed by atoms with E-state index >= 15 is 0 Å². The molecule has 2 heterocycles. The van der Waals surface area contributed by atoms with E-state index in [0.29, 0.717) is 19.5 Å². The molecule has 0 aliphatic carbocycles. The molecule has 5 nitrogen and oxygen atoms in total. The van der Waals surface area contributed by atoms with Crippen LogP contribution in [0.1, 0.15) is 32.4 Å². The van der Waals surface area contributed by atoms with Crippen LogP contribution in [0.4, 0.5) is 0 Å². The van der Waals surface area contributed by atoms with Gasteiger partial charge in [0.2, 0.25) is 5.91 Å². The molecule has 124 valence electrons. The van der Waals surface area contributed by atoms with Crippen molar-refractivity contribution in [3.05, 3.63) is 20.7 Å². The van der Waals surface area contributed by atoms with Gasteiger partial charge in [0.1, 0.15) is 0 Å². The van der Waals surface area contributed by atoms with E-state index in [1.807, 2.05) is 12.3 Å². The van der Waals surface area contributed by atoms with Gasteiger partial charge in [-0.3, -0.25) is 9.59 Å². The van der Waals surface area contributed by atoms with Gasteiger partial charge < -0.3 is 14.8 Å². The largest absolute Gasteiger partial charge is 0.355 e. The van der Waals surface area contributed by atoms with E-state index < -0.39 is 0 Å². The van der Waals surface area contributed by atoms with Gasteiger partial charge in [-0.1, -0.05) is 25.2 Å². The first-order valence-corrected chi connectivity index (χ1v) is 8.97. The van der Waals surface area contributed by atoms with Crippen molar-refractivity contribution in [3.63, 3.8) is 0 Å². The number of piperidine rings is 1. The number of nitrogens with one attached hydrogen (secondary N) is 1. The van der Waals surface area contributed by atoms with Gasteiger partial charge in [-0.15, -0.1) is 0 Å². The SMILES string of the molecule is Cc1csc(=O)n1CCC(=O)NCCN1C[C@H](C)C[C@H](C)C1. The minimum Gasteiger partial charge on any atom is -0.355 e. The van der Waals surface area contributed by atoms with Crippen molar-refractivity contribution in [2.24, 2.45) is 11.8 Å². The van der Waals surface area contributed by atoms with Crippen molar-refractivity contribution in [3.8, 4) is 0 Å². The molecule has 0 spiro atoms. The monoisotopic (exact) mass is 325 g/mol. The molecule has 2 atom stereocenters. The molecule has 1 aromatic rings. The van der Waals surface area contributed by atoms with Crippen molar-refractivity contribution in [1.82, 2.24) is 14.8 Å². The zero-order chi connectivity index (χ0) is 16.1. The molecule has 0 saturated carbocycles. The molecule has 1 saturated heterocycles. The van der Waals surface area contributed by atoms with E-state index in [9.17, 15) is 9.59 Å². The third-order valence-electron chi connectivity index (χ3n) is 4.23. The molecule has 1 fully saturated rings. The van der Waals surface area contributed by atoms with Gasteiger partial charge >= 0.3 is 4.87 Å². The van der Waals surface area contributed by atoms with Crippen molar-refractivity contribution >= 4 is 17.2 Å². The molecule has 22 heavy (non-hydrogen) atoms. The second-order valence-electron chi connectivity index (χ2n) is 6.60. The van der Waals surface area contributed by atoms with Gasteiger partial charge in [-0.05, 0) is 25.2 Å². The van der Waals surface area contributed by atoms with Crippen LogP contribution in [0.15, 0.2) is 10.2 Å². The lowest BCUT2D eigenvalue weighted by Crippen LogP contribution is -2.43. The summed E-state index contributed by atoms with van der Waals surface area (Å²) >= 11 is 1.19. The standard InChI is InChI=1S/C16H27N3O2S/c1-12-8-13(2)10-18(9-12)7-5-17-15(20)4-6-19-14(3)11-22-16(19)21/h11-13H,4-10H2,1-3H3,(H,17,20)/t12-,13+. The summed E-state index contributed by atoms with van der Waals surface area (Å²) in [4.78, 5) is 25.9. The van der Waals surface area contributed by atoms with Crippen LogP contribution >= 0.6 is 11.3 Å².